The second-order valence-corrected chi connectivity index (χ2v) is 6.64. The Morgan fingerprint density at radius 2 is 1.25 bits per heavy atom. The minimum atomic E-state index is 0.640. The summed E-state index contributed by atoms with van der Waals surface area (Å²) < 4.78 is 0. The molecule has 4 rings (SSSR count). The predicted octanol–water partition coefficient (Wildman–Crippen LogP) is 5.40. The third kappa shape index (κ3) is 6.22. The Morgan fingerprint density at radius 1 is 0.679 bits per heavy atom. The molecule has 142 valence electrons. The van der Waals surface area contributed by atoms with E-state index in [1.165, 1.54) is 16.7 Å². The number of nitrogens with zero attached hydrogens (tertiary/aromatic N) is 1. The molecule has 3 N–H and O–H groups in total. The Labute approximate surface area is 167 Å². The second kappa shape index (κ2) is 10.9. The summed E-state index contributed by atoms with van der Waals surface area (Å²) in [6.07, 6.45) is 5.13. The number of hydrogen-bond donors (Lipinski definition) is 2. The number of nitrogens with one attached hydrogen (secondary N) is 1. The Balaban J connectivity index is 0.000000236. The van der Waals surface area contributed by atoms with E-state index in [1.807, 2.05) is 54.7 Å². The van der Waals surface area contributed by atoms with Crippen molar-refractivity contribution in [1.82, 2.24) is 9.97 Å². The number of rotatable bonds is 6. The fourth-order valence-corrected chi connectivity index (χ4v) is 2.97. The summed E-state index contributed by atoms with van der Waals surface area (Å²) in [4.78, 5) is 7.87. The lowest BCUT2D eigenvalue weighted by molar-refractivity contribution is 0.783. The van der Waals surface area contributed by atoms with E-state index >= 15 is 0 Å². The molecule has 3 heteroatoms. The molecule has 3 nitrogen and oxygen atoms in total. The summed E-state index contributed by atoms with van der Waals surface area (Å²) in [5, 5.41) is 0. The SMILES string of the molecule is NCc1ccccc1.c1ccc(CCCc2ncc(-c3ccccc3)[nH]2)cc1. The predicted molar refractivity (Wildman–Crippen MR) is 117 cm³/mol. The van der Waals surface area contributed by atoms with E-state index in [-0.39, 0.29) is 0 Å². The van der Waals surface area contributed by atoms with Gasteiger partial charge in [0.15, 0.2) is 0 Å². The topological polar surface area (TPSA) is 54.7 Å². The highest BCUT2D eigenvalue weighted by Gasteiger charge is 2.02. The van der Waals surface area contributed by atoms with Gasteiger partial charge >= 0.3 is 0 Å². The smallest absolute Gasteiger partial charge is 0.106 e. The molecule has 0 spiro atoms. The number of aromatic amines is 1. The zero-order valence-corrected chi connectivity index (χ0v) is 16.1. The zero-order valence-electron chi connectivity index (χ0n) is 16.1. The standard InChI is InChI=1S/C18H18N2.C7H9N/c1-3-8-15(9-4-1)10-7-13-18-19-14-17(20-18)16-11-5-2-6-12-16;8-6-7-4-2-1-3-5-7/h1-6,8-9,11-12,14H,7,10,13H2,(H,19,20);1-5H,6,8H2. The first-order valence-corrected chi connectivity index (χ1v) is 9.72. The lowest BCUT2D eigenvalue weighted by atomic mass is 10.1. The number of benzene rings is 3. The highest BCUT2D eigenvalue weighted by molar-refractivity contribution is 5.57. The Morgan fingerprint density at radius 3 is 1.82 bits per heavy atom. The molecule has 28 heavy (non-hydrogen) atoms. The van der Waals surface area contributed by atoms with E-state index in [9.17, 15) is 0 Å². The van der Waals surface area contributed by atoms with Gasteiger partial charge in [-0.2, -0.15) is 0 Å². The van der Waals surface area contributed by atoms with Crippen molar-refractivity contribution in [3.05, 3.63) is 114 Å². The first kappa shape index (κ1) is 19.6. The molecular weight excluding hydrogens is 342 g/mol. The van der Waals surface area contributed by atoms with Crippen LogP contribution in [0.25, 0.3) is 11.3 Å². The molecule has 1 aromatic heterocycles. The van der Waals surface area contributed by atoms with Gasteiger partial charge in [-0.05, 0) is 29.5 Å². The molecule has 0 bridgehead atoms. The maximum absolute atomic E-state index is 5.35. The van der Waals surface area contributed by atoms with E-state index in [4.69, 9.17) is 5.73 Å². The molecule has 0 amide bonds. The Hall–Kier alpha value is -3.17. The van der Waals surface area contributed by atoms with Crippen molar-refractivity contribution in [2.75, 3.05) is 0 Å². The van der Waals surface area contributed by atoms with Gasteiger partial charge in [-0.1, -0.05) is 91.0 Å². The van der Waals surface area contributed by atoms with Crippen LogP contribution in [0.3, 0.4) is 0 Å². The monoisotopic (exact) mass is 369 g/mol. The first-order valence-electron chi connectivity index (χ1n) is 9.72. The van der Waals surface area contributed by atoms with Gasteiger partial charge in [0.05, 0.1) is 11.9 Å². The van der Waals surface area contributed by atoms with Crippen LogP contribution in [0.2, 0.25) is 0 Å². The van der Waals surface area contributed by atoms with Crippen LogP contribution in [-0.2, 0) is 19.4 Å². The van der Waals surface area contributed by atoms with E-state index in [2.05, 4.69) is 52.4 Å². The van der Waals surface area contributed by atoms with E-state index < -0.39 is 0 Å². The molecule has 0 radical (unpaired) electrons. The Kier molecular flexibility index (Phi) is 7.59. The van der Waals surface area contributed by atoms with Gasteiger partial charge < -0.3 is 10.7 Å². The molecule has 3 aromatic carbocycles. The van der Waals surface area contributed by atoms with Crippen molar-refractivity contribution in [1.29, 1.82) is 0 Å². The van der Waals surface area contributed by atoms with Crippen LogP contribution in [0.5, 0.6) is 0 Å². The molecule has 1 heterocycles. The van der Waals surface area contributed by atoms with Crippen molar-refractivity contribution < 1.29 is 0 Å². The number of imidazole rings is 1. The maximum atomic E-state index is 5.35. The highest BCUT2D eigenvalue weighted by atomic mass is 14.9. The molecular formula is C25H27N3. The largest absolute Gasteiger partial charge is 0.342 e. The Bertz CT molecular complexity index is 916. The lowest BCUT2D eigenvalue weighted by Gasteiger charge is -2.00. The summed E-state index contributed by atoms with van der Waals surface area (Å²) in [6, 6.07) is 30.9. The molecule has 0 atom stereocenters. The molecule has 0 aliphatic heterocycles. The van der Waals surface area contributed by atoms with Gasteiger partial charge in [0.2, 0.25) is 0 Å². The van der Waals surface area contributed by atoms with Crippen LogP contribution >= 0.6 is 0 Å². The number of aromatic nitrogens is 2. The molecule has 0 saturated heterocycles. The van der Waals surface area contributed by atoms with Gasteiger partial charge in [0, 0.05) is 13.0 Å². The minimum absolute atomic E-state index is 0.640. The molecule has 0 unspecified atom stereocenters. The molecule has 0 fully saturated rings. The average molecular weight is 370 g/mol. The first-order chi connectivity index (χ1) is 13.8. The summed E-state index contributed by atoms with van der Waals surface area (Å²) in [5.74, 6) is 1.07. The quantitative estimate of drug-likeness (QED) is 0.478. The van der Waals surface area contributed by atoms with Crippen molar-refractivity contribution in [2.45, 2.75) is 25.8 Å². The normalized spacial score (nSPS) is 10.2. The average Bonchev–Trinajstić information content (AvgIpc) is 3.25. The molecule has 0 aliphatic carbocycles. The summed E-state index contributed by atoms with van der Waals surface area (Å²) in [7, 11) is 0. The van der Waals surface area contributed by atoms with Gasteiger partial charge in [0.25, 0.3) is 0 Å². The van der Waals surface area contributed by atoms with E-state index in [0.717, 1.165) is 30.8 Å². The van der Waals surface area contributed by atoms with Crippen molar-refractivity contribution in [3.8, 4) is 11.3 Å². The third-order valence-corrected chi connectivity index (χ3v) is 4.51. The van der Waals surface area contributed by atoms with Crippen LogP contribution in [0.15, 0.2) is 97.2 Å². The number of H-pyrrole nitrogens is 1. The van der Waals surface area contributed by atoms with Crippen LogP contribution < -0.4 is 5.73 Å². The van der Waals surface area contributed by atoms with Gasteiger partial charge in [0.1, 0.15) is 5.82 Å². The lowest BCUT2D eigenvalue weighted by Crippen LogP contribution is -1.94. The highest BCUT2D eigenvalue weighted by Crippen LogP contribution is 2.16. The van der Waals surface area contributed by atoms with Crippen molar-refractivity contribution in [3.63, 3.8) is 0 Å². The van der Waals surface area contributed by atoms with Crippen LogP contribution in [0.1, 0.15) is 23.4 Å². The van der Waals surface area contributed by atoms with Gasteiger partial charge in [-0.25, -0.2) is 4.98 Å². The molecule has 0 aliphatic rings. The van der Waals surface area contributed by atoms with Gasteiger partial charge in [-0.15, -0.1) is 0 Å². The second-order valence-electron chi connectivity index (χ2n) is 6.64. The number of nitrogens with two attached hydrogens (primary N) is 1. The molecule has 4 aromatic rings. The summed E-state index contributed by atoms with van der Waals surface area (Å²) in [5.41, 5.74) is 10.2. The van der Waals surface area contributed by atoms with Crippen molar-refractivity contribution in [2.24, 2.45) is 5.73 Å². The van der Waals surface area contributed by atoms with Crippen molar-refractivity contribution >= 4 is 0 Å². The zero-order chi connectivity index (χ0) is 19.4. The maximum Gasteiger partial charge on any atom is 0.106 e. The minimum Gasteiger partial charge on any atom is -0.342 e. The summed E-state index contributed by atoms with van der Waals surface area (Å²) in [6.45, 7) is 0.640. The number of aryl methyl sites for hydroxylation is 2. The van der Waals surface area contributed by atoms with Gasteiger partial charge in [-0.3, -0.25) is 0 Å². The van der Waals surface area contributed by atoms with E-state index in [0.29, 0.717) is 6.54 Å². The number of hydrogen-bond acceptors (Lipinski definition) is 2. The molecule has 0 saturated carbocycles. The fraction of sp³-hybridized carbons (Fsp3) is 0.160. The van der Waals surface area contributed by atoms with Crippen LogP contribution in [0.4, 0.5) is 0 Å². The third-order valence-electron chi connectivity index (χ3n) is 4.51. The van der Waals surface area contributed by atoms with E-state index in [1.54, 1.807) is 0 Å². The fourth-order valence-electron chi connectivity index (χ4n) is 2.97. The summed E-state index contributed by atoms with van der Waals surface area (Å²) >= 11 is 0. The van der Waals surface area contributed by atoms with Crippen LogP contribution in [0, 0.1) is 0 Å². The van der Waals surface area contributed by atoms with Crippen LogP contribution in [-0.4, -0.2) is 9.97 Å².